The highest BCUT2D eigenvalue weighted by atomic mass is 16.5. The Morgan fingerprint density at radius 3 is 2.33 bits per heavy atom. The summed E-state index contributed by atoms with van der Waals surface area (Å²) in [7, 11) is 0. The van der Waals surface area contributed by atoms with Crippen LogP contribution in [0.4, 0.5) is 0 Å². The lowest BCUT2D eigenvalue weighted by Crippen LogP contribution is -2.49. The first-order valence-electron chi connectivity index (χ1n) is 6.44. The van der Waals surface area contributed by atoms with Gasteiger partial charge in [0.2, 0.25) is 5.91 Å². The summed E-state index contributed by atoms with van der Waals surface area (Å²) in [6.45, 7) is 2.21. The van der Waals surface area contributed by atoms with Crippen LogP contribution < -0.4 is 5.11 Å². The average molecular weight is 250 g/mol. The van der Waals surface area contributed by atoms with Gasteiger partial charge in [-0.2, -0.15) is 0 Å². The molecule has 18 heavy (non-hydrogen) atoms. The van der Waals surface area contributed by atoms with Gasteiger partial charge in [-0.15, -0.1) is 0 Å². The minimum absolute atomic E-state index is 0.0185. The highest BCUT2D eigenvalue weighted by Gasteiger charge is 2.49. The number of carboxylic acids is 1. The maximum Gasteiger partial charge on any atom is 0.227 e. The van der Waals surface area contributed by atoms with Crippen LogP contribution in [0.25, 0.3) is 0 Å². The van der Waals surface area contributed by atoms with E-state index in [1.807, 2.05) is 12.2 Å². The molecule has 0 N–H and O–H groups in total. The van der Waals surface area contributed by atoms with Crippen LogP contribution in [0, 0.1) is 23.7 Å². The Hall–Kier alpha value is -1.36. The van der Waals surface area contributed by atoms with Gasteiger partial charge in [-0.05, 0) is 18.3 Å². The van der Waals surface area contributed by atoms with Gasteiger partial charge in [0.25, 0.3) is 0 Å². The number of amides is 1. The molecule has 0 aromatic carbocycles. The SMILES string of the molecule is O=C([O-])[C@@H]1[C@H](C(=O)N2CCOCC2)[C@@H]2C=C[C@H]1C2. The number of rotatable bonds is 2. The molecule has 98 valence electrons. The number of nitrogens with zero attached hydrogens (tertiary/aromatic N) is 1. The Morgan fingerprint density at radius 2 is 1.72 bits per heavy atom. The fraction of sp³-hybridized carbons (Fsp3) is 0.692. The molecule has 3 aliphatic rings. The third-order valence-electron chi connectivity index (χ3n) is 4.34. The van der Waals surface area contributed by atoms with E-state index in [9.17, 15) is 14.7 Å². The molecular weight excluding hydrogens is 234 g/mol. The lowest BCUT2D eigenvalue weighted by molar-refractivity contribution is -0.313. The first-order valence-corrected chi connectivity index (χ1v) is 6.44. The minimum Gasteiger partial charge on any atom is -0.550 e. The Labute approximate surface area is 105 Å². The van der Waals surface area contributed by atoms with E-state index in [0.29, 0.717) is 26.3 Å². The van der Waals surface area contributed by atoms with Crippen molar-refractivity contribution in [2.24, 2.45) is 23.7 Å². The van der Waals surface area contributed by atoms with E-state index in [4.69, 9.17) is 4.74 Å². The molecule has 1 heterocycles. The van der Waals surface area contributed by atoms with Crippen LogP contribution in [0.3, 0.4) is 0 Å². The number of hydrogen-bond donors (Lipinski definition) is 0. The molecule has 0 spiro atoms. The fourth-order valence-corrected chi connectivity index (χ4v) is 3.47. The molecule has 5 heteroatoms. The fourth-order valence-electron chi connectivity index (χ4n) is 3.47. The average Bonchev–Trinajstić information content (AvgIpc) is 2.99. The van der Waals surface area contributed by atoms with Crippen LogP contribution in [0.5, 0.6) is 0 Å². The number of carbonyl (C=O) groups is 2. The number of fused-ring (bicyclic) bond motifs is 2. The maximum absolute atomic E-state index is 12.5. The largest absolute Gasteiger partial charge is 0.550 e. The first kappa shape index (κ1) is 11.7. The summed E-state index contributed by atoms with van der Waals surface area (Å²) in [4.78, 5) is 25.4. The van der Waals surface area contributed by atoms with Crippen LogP contribution in [-0.2, 0) is 14.3 Å². The zero-order valence-corrected chi connectivity index (χ0v) is 10.1. The summed E-state index contributed by atoms with van der Waals surface area (Å²) >= 11 is 0. The summed E-state index contributed by atoms with van der Waals surface area (Å²) in [5, 5.41) is 11.2. The molecular formula is C13H16NO4-. The van der Waals surface area contributed by atoms with Gasteiger partial charge in [0.15, 0.2) is 0 Å². The molecule has 1 amide bonds. The Bertz CT molecular complexity index is 400. The van der Waals surface area contributed by atoms with Crippen LogP contribution in [0.1, 0.15) is 6.42 Å². The van der Waals surface area contributed by atoms with Gasteiger partial charge in [0.1, 0.15) is 0 Å². The number of aliphatic carboxylic acids is 1. The number of hydrogen-bond acceptors (Lipinski definition) is 4. The van der Waals surface area contributed by atoms with Crippen LogP contribution in [0.2, 0.25) is 0 Å². The number of morpholine rings is 1. The molecule has 0 unspecified atom stereocenters. The van der Waals surface area contributed by atoms with Crippen molar-refractivity contribution in [1.29, 1.82) is 0 Å². The van der Waals surface area contributed by atoms with E-state index in [1.54, 1.807) is 4.90 Å². The molecule has 2 bridgehead atoms. The van der Waals surface area contributed by atoms with Crippen LogP contribution >= 0.6 is 0 Å². The topological polar surface area (TPSA) is 69.7 Å². The number of carboxylic acid groups (broad SMARTS) is 1. The highest BCUT2D eigenvalue weighted by molar-refractivity contribution is 5.86. The Balaban J connectivity index is 1.79. The standard InChI is InChI=1S/C13H17NO4/c15-12(14-3-5-18-6-4-14)10-8-1-2-9(7-8)11(10)13(16)17/h1-2,8-11H,3-7H2,(H,16,17)/p-1/t8-,9+,10-,11+/m1/s1. The molecule has 2 aliphatic carbocycles. The predicted molar refractivity (Wildman–Crippen MR) is 60.1 cm³/mol. The first-order chi connectivity index (χ1) is 8.68. The molecule has 1 saturated heterocycles. The number of ether oxygens (including phenoxy) is 1. The molecule has 1 saturated carbocycles. The zero-order chi connectivity index (χ0) is 12.7. The normalized spacial score (nSPS) is 38.1. The minimum atomic E-state index is -1.08. The zero-order valence-electron chi connectivity index (χ0n) is 10.1. The highest BCUT2D eigenvalue weighted by Crippen LogP contribution is 2.48. The molecule has 2 fully saturated rings. The Kier molecular flexibility index (Phi) is 2.86. The van der Waals surface area contributed by atoms with Gasteiger partial charge in [-0.1, -0.05) is 12.2 Å². The second-order valence-electron chi connectivity index (χ2n) is 5.26. The lowest BCUT2D eigenvalue weighted by atomic mass is 9.82. The maximum atomic E-state index is 12.5. The summed E-state index contributed by atoms with van der Waals surface area (Å²) < 4.78 is 5.21. The molecule has 1 aliphatic heterocycles. The number of allylic oxidation sites excluding steroid dienone is 2. The second kappa shape index (κ2) is 4.39. The van der Waals surface area contributed by atoms with Crippen molar-refractivity contribution in [1.82, 2.24) is 4.90 Å². The van der Waals surface area contributed by atoms with Gasteiger partial charge in [0, 0.05) is 25.0 Å². The Morgan fingerprint density at radius 1 is 1.11 bits per heavy atom. The summed E-state index contributed by atoms with van der Waals surface area (Å²) in [5.74, 6) is -2.13. The van der Waals surface area contributed by atoms with Crippen LogP contribution in [-0.4, -0.2) is 43.1 Å². The van der Waals surface area contributed by atoms with Crippen LogP contribution in [0.15, 0.2) is 12.2 Å². The molecule has 0 aromatic rings. The third-order valence-corrected chi connectivity index (χ3v) is 4.34. The van der Waals surface area contributed by atoms with Crippen molar-refractivity contribution in [2.75, 3.05) is 26.3 Å². The molecule has 0 aromatic heterocycles. The van der Waals surface area contributed by atoms with E-state index in [1.165, 1.54) is 0 Å². The summed E-state index contributed by atoms with van der Waals surface area (Å²) in [6, 6.07) is 0. The van der Waals surface area contributed by atoms with E-state index in [2.05, 4.69) is 0 Å². The van der Waals surface area contributed by atoms with E-state index >= 15 is 0 Å². The lowest BCUT2D eigenvalue weighted by Gasteiger charge is -2.34. The van der Waals surface area contributed by atoms with Gasteiger partial charge >= 0.3 is 0 Å². The van der Waals surface area contributed by atoms with Gasteiger partial charge in [-0.3, -0.25) is 4.79 Å². The van der Waals surface area contributed by atoms with Crippen molar-refractivity contribution in [3.63, 3.8) is 0 Å². The monoisotopic (exact) mass is 250 g/mol. The van der Waals surface area contributed by atoms with Gasteiger partial charge in [0.05, 0.1) is 19.1 Å². The van der Waals surface area contributed by atoms with Crippen molar-refractivity contribution in [2.45, 2.75) is 6.42 Å². The smallest absolute Gasteiger partial charge is 0.227 e. The van der Waals surface area contributed by atoms with Crippen molar-refractivity contribution >= 4 is 11.9 Å². The van der Waals surface area contributed by atoms with Crippen molar-refractivity contribution < 1.29 is 19.4 Å². The predicted octanol–water partition coefficient (Wildman–Crippen LogP) is -0.967. The van der Waals surface area contributed by atoms with E-state index < -0.39 is 17.8 Å². The third kappa shape index (κ3) is 1.73. The van der Waals surface area contributed by atoms with Gasteiger partial charge < -0.3 is 19.5 Å². The summed E-state index contributed by atoms with van der Waals surface area (Å²) in [6.07, 6.45) is 4.70. The molecule has 4 atom stereocenters. The van der Waals surface area contributed by atoms with Gasteiger partial charge in [-0.25, -0.2) is 0 Å². The molecule has 0 radical (unpaired) electrons. The van der Waals surface area contributed by atoms with E-state index in [-0.39, 0.29) is 17.7 Å². The quantitative estimate of drug-likeness (QED) is 0.591. The molecule has 3 rings (SSSR count). The van der Waals surface area contributed by atoms with Crippen molar-refractivity contribution in [3.8, 4) is 0 Å². The second-order valence-corrected chi connectivity index (χ2v) is 5.26. The molecule has 5 nitrogen and oxygen atoms in total. The van der Waals surface area contributed by atoms with Crippen molar-refractivity contribution in [3.05, 3.63) is 12.2 Å². The van der Waals surface area contributed by atoms with E-state index in [0.717, 1.165) is 6.42 Å². The summed E-state index contributed by atoms with van der Waals surface area (Å²) in [5.41, 5.74) is 0. The number of carbonyl (C=O) groups excluding carboxylic acids is 2.